The summed E-state index contributed by atoms with van der Waals surface area (Å²) in [7, 11) is 0. The maximum Gasteiger partial charge on any atom is 0.329 e. The molecule has 0 aromatic carbocycles. The Hall–Kier alpha value is -2.05. The molecule has 0 saturated heterocycles. The Morgan fingerprint density at radius 1 is 1.41 bits per heavy atom. The van der Waals surface area contributed by atoms with Gasteiger partial charge in [0.05, 0.1) is 0 Å². The minimum atomic E-state index is -0.720. The van der Waals surface area contributed by atoms with E-state index in [2.05, 4.69) is 10.2 Å². The Labute approximate surface area is 129 Å². The fourth-order valence-corrected chi connectivity index (χ4v) is 2.22. The SMILES string of the molecule is Cc1n[nH]c(C(=O)N(C2CC2)C(C)C(=O)OC(C)(C)C)c1O. The van der Waals surface area contributed by atoms with Crippen LogP contribution in [0.5, 0.6) is 5.75 Å². The van der Waals surface area contributed by atoms with Crippen molar-refractivity contribution in [3.8, 4) is 5.75 Å². The highest BCUT2D eigenvalue weighted by Crippen LogP contribution is 2.32. The van der Waals surface area contributed by atoms with Crippen LogP contribution in [-0.2, 0) is 9.53 Å². The molecule has 0 aliphatic heterocycles. The third-order valence-electron chi connectivity index (χ3n) is 3.47. The molecular weight excluding hydrogens is 286 g/mol. The number of ether oxygens (including phenoxy) is 1. The number of H-pyrrole nitrogens is 1. The number of hydrogen-bond donors (Lipinski definition) is 2. The van der Waals surface area contributed by atoms with Gasteiger partial charge in [0.1, 0.15) is 17.3 Å². The summed E-state index contributed by atoms with van der Waals surface area (Å²) in [6, 6.07) is -0.722. The maximum atomic E-state index is 12.7. The van der Waals surface area contributed by atoms with Crippen LogP contribution in [0, 0.1) is 6.92 Å². The monoisotopic (exact) mass is 309 g/mol. The van der Waals surface area contributed by atoms with Gasteiger partial charge >= 0.3 is 5.97 Å². The third kappa shape index (κ3) is 3.40. The summed E-state index contributed by atoms with van der Waals surface area (Å²) >= 11 is 0. The van der Waals surface area contributed by atoms with Crippen LogP contribution in [0.4, 0.5) is 0 Å². The highest BCUT2D eigenvalue weighted by molar-refractivity contribution is 5.98. The van der Waals surface area contributed by atoms with E-state index in [-0.39, 0.29) is 17.5 Å². The number of aromatic amines is 1. The van der Waals surface area contributed by atoms with Crippen LogP contribution in [0.2, 0.25) is 0 Å². The number of aromatic nitrogens is 2. The van der Waals surface area contributed by atoms with Gasteiger partial charge in [0, 0.05) is 6.04 Å². The number of aryl methyl sites for hydroxylation is 1. The maximum absolute atomic E-state index is 12.7. The van der Waals surface area contributed by atoms with Crippen molar-refractivity contribution < 1.29 is 19.4 Å². The molecule has 2 N–H and O–H groups in total. The molecule has 0 radical (unpaired) electrons. The largest absolute Gasteiger partial charge is 0.504 e. The normalized spacial score (nSPS) is 16.2. The summed E-state index contributed by atoms with van der Waals surface area (Å²) in [6.07, 6.45) is 1.68. The number of nitrogens with zero attached hydrogens (tertiary/aromatic N) is 2. The zero-order chi connectivity index (χ0) is 16.7. The van der Waals surface area contributed by atoms with Gasteiger partial charge in [-0.25, -0.2) is 4.79 Å². The summed E-state index contributed by atoms with van der Waals surface area (Å²) in [5, 5.41) is 16.3. The Morgan fingerprint density at radius 2 is 2.00 bits per heavy atom. The van der Waals surface area contributed by atoms with Crippen LogP contribution in [0.3, 0.4) is 0 Å². The quantitative estimate of drug-likeness (QED) is 0.826. The minimum absolute atomic E-state index is 0.00183. The average molecular weight is 309 g/mol. The van der Waals surface area contributed by atoms with Crippen molar-refractivity contribution >= 4 is 11.9 Å². The van der Waals surface area contributed by atoms with Crippen LogP contribution >= 0.6 is 0 Å². The molecule has 7 heteroatoms. The van der Waals surface area contributed by atoms with Crippen LogP contribution < -0.4 is 0 Å². The van der Waals surface area contributed by atoms with Gasteiger partial charge in [-0.1, -0.05) is 0 Å². The lowest BCUT2D eigenvalue weighted by molar-refractivity contribution is -0.160. The molecule has 22 heavy (non-hydrogen) atoms. The summed E-state index contributed by atoms with van der Waals surface area (Å²) in [5.74, 6) is -1.06. The van der Waals surface area contributed by atoms with Crippen molar-refractivity contribution in [3.05, 3.63) is 11.4 Å². The molecule has 0 bridgehead atoms. The second-order valence-electron chi connectivity index (χ2n) is 6.69. The zero-order valence-electron chi connectivity index (χ0n) is 13.6. The van der Waals surface area contributed by atoms with E-state index in [1.807, 2.05) is 0 Å². The molecule has 1 atom stereocenters. The van der Waals surface area contributed by atoms with E-state index in [0.717, 1.165) is 12.8 Å². The number of carbonyl (C=O) groups is 2. The number of amides is 1. The lowest BCUT2D eigenvalue weighted by atomic mass is 10.1. The van der Waals surface area contributed by atoms with E-state index >= 15 is 0 Å². The van der Waals surface area contributed by atoms with Gasteiger partial charge in [-0.2, -0.15) is 5.10 Å². The standard InChI is InChI=1S/C15H23N3O4/c1-8-12(19)11(17-16-8)13(20)18(10-6-7-10)9(2)14(21)22-15(3,4)5/h9-10,19H,6-7H2,1-5H3,(H,16,17). The second kappa shape index (κ2) is 5.62. The Kier molecular flexibility index (Phi) is 4.17. The van der Waals surface area contributed by atoms with E-state index in [4.69, 9.17) is 4.74 Å². The first kappa shape index (κ1) is 16.3. The van der Waals surface area contributed by atoms with Gasteiger partial charge < -0.3 is 14.7 Å². The highest BCUT2D eigenvalue weighted by Gasteiger charge is 2.41. The number of rotatable bonds is 4. The van der Waals surface area contributed by atoms with Crippen LogP contribution in [-0.4, -0.2) is 49.8 Å². The summed E-state index contributed by atoms with van der Waals surface area (Å²) < 4.78 is 5.36. The molecule has 1 amide bonds. The number of aromatic hydroxyl groups is 1. The minimum Gasteiger partial charge on any atom is -0.504 e. The molecule has 1 fully saturated rings. The summed E-state index contributed by atoms with van der Waals surface area (Å²) in [5.41, 5.74) is -0.250. The zero-order valence-corrected chi connectivity index (χ0v) is 13.6. The highest BCUT2D eigenvalue weighted by atomic mass is 16.6. The average Bonchev–Trinajstić information content (AvgIpc) is 3.15. The first-order valence-electron chi connectivity index (χ1n) is 7.41. The van der Waals surface area contributed by atoms with Gasteiger partial charge in [0.2, 0.25) is 0 Å². The van der Waals surface area contributed by atoms with Crippen molar-refractivity contribution in [2.24, 2.45) is 0 Å². The first-order chi connectivity index (χ1) is 10.1. The lowest BCUT2D eigenvalue weighted by Gasteiger charge is -2.30. The topological polar surface area (TPSA) is 95.5 Å². The fourth-order valence-electron chi connectivity index (χ4n) is 2.22. The van der Waals surface area contributed by atoms with Gasteiger partial charge in [-0.15, -0.1) is 0 Å². The van der Waals surface area contributed by atoms with Crippen molar-refractivity contribution in [2.45, 2.75) is 65.1 Å². The van der Waals surface area contributed by atoms with E-state index < -0.39 is 23.5 Å². The van der Waals surface area contributed by atoms with E-state index in [1.165, 1.54) is 4.90 Å². The molecule has 0 spiro atoms. The van der Waals surface area contributed by atoms with E-state index in [9.17, 15) is 14.7 Å². The van der Waals surface area contributed by atoms with Gasteiger partial charge in [-0.3, -0.25) is 9.89 Å². The lowest BCUT2D eigenvalue weighted by Crippen LogP contribution is -2.47. The molecule has 1 saturated carbocycles. The molecule has 1 aromatic heterocycles. The van der Waals surface area contributed by atoms with Crippen LogP contribution in [0.15, 0.2) is 0 Å². The smallest absolute Gasteiger partial charge is 0.329 e. The second-order valence-corrected chi connectivity index (χ2v) is 6.69. The Bertz CT molecular complexity index is 584. The molecule has 1 heterocycles. The van der Waals surface area contributed by atoms with Crippen molar-refractivity contribution in [2.75, 3.05) is 0 Å². The molecular formula is C15H23N3O4. The first-order valence-corrected chi connectivity index (χ1v) is 7.41. The molecule has 7 nitrogen and oxygen atoms in total. The Balaban J connectivity index is 2.21. The summed E-state index contributed by atoms with van der Waals surface area (Å²) in [6.45, 7) is 8.59. The van der Waals surface area contributed by atoms with Crippen molar-refractivity contribution in [3.63, 3.8) is 0 Å². The molecule has 2 rings (SSSR count). The molecule has 122 valence electrons. The van der Waals surface area contributed by atoms with E-state index in [0.29, 0.717) is 5.69 Å². The summed E-state index contributed by atoms with van der Waals surface area (Å²) in [4.78, 5) is 26.4. The number of hydrogen-bond acceptors (Lipinski definition) is 5. The fraction of sp³-hybridized carbons (Fsp3) is 0.667. The number of carbonyl (C=O) groups excluding carboxylic acids is 2. The number of esters is 1. The van der Waals surface area contributed by atoms with Gasteiger partial charge in [-0.05, 0) is 47.5 Å². The van der Waals surface area contributed by atoms with Gasteiger partial charge in [0.15, 0.2) is 11.4 Å². The number of nitrogens with one attached hydrogen (secondary N) is 1. The predicted octanol–water partition coefficient (Wildman–Crippen LogP) is 1.76. The van der Waals surface area contributed by atoms with Crippen molar-refractivity contribution in [1.29, 1.82) is 0 Å². The molecule has 1 unspecified atom stereocenters. The Morgan fingerprint density at radius 3 is 2.41 bits per heavy atom. The molecule has 1 aromatic rings. The van der Waals surface area contributed by atoms with E-state index in [1.54, 1.807) is 34.6 Å². The van der Waals surface area contributed by atoms with Crippen LogP contribution in [0.25, 0.3) is 0 Å². The van der Waals surface area contributed by atoms with Gasteiger partial charge in [0.25, 0.3) is 5.91 Å². The van der Waals surface area contributed by atoms with Crippen molar-refractivity contribution in [1.82, 2.24) is 15.1 Å². The molecule has 1 aliphatic rings. The third-order valence-corrected chi connectivity index (χ3v) is 3.47. The molecule has 1 aliphatic carbocycles. The van der Waals surface area contributed by atoms with Crippen LogP contribution in [0.1, 0.15) is 56.7 Å². The predicted molar refractivity (Wildman–Crippen MR) is 79.5 cm³/mol.